The van der Waals surface area contributed by atoms with E-state index in [1.165, 1.54) is 4.72 Å². The Labute approximate surface area is 108 Å². The summed E-state index contributed by atoms with van der Waals surface area (Å²) in [4.78, 5) is 15.4. The number of nitrogens with one attached hydrogen (secondary N) is 2. The Balaban J connectivity index is 2.40. The van der Waals surface area contributed by atoms with Gasteiger partial charge in [-0.15, -0.1) is 0 Å². The molecule has 0 bridgehead atoms. The summed E-state index contributed by atoms with van der Waals surface area (Å²) in [7, 11) is -5.55. The first-order valence-corrected chi connectivity index (χ1v) is 6.32. The van der Waals surface area contributed by atoms with E-state index in [2.05, 4.69) is 9.97 Å². The molecular formula is C8H5F3N4O4S. The van der Waals surface area contributed by atoms with E-state index in [1.54, 1.807) is 0 Å². The van der Waals surface area contributed by atoms with E-state index in [0.29, 0.717) is 0 Å². The van der Waals surface area contributed by atoms with Crippen molar-refractivity contribution in [1.29, 1.82) is 0 Å². The van der Waals surface area contributed by atoms with E-state index < -0.39 is 32.1 Å². The van der Waals surface area contributed by atoms with E-state index in [0.717, 1.165) is 18.2 Å². The number of hydrogen-bond acceptors (Lipinski definition) is 5. The van der Waals surface area contributed by atoms with Gasteiger partial charge in [0, 0.05) is 6.07 Å². The molecule has 0 fully saturated rings. The van der Waals surface area contributed by atoms with Gasteiger partial charge in [0.15, 0.2) is 5.52 Å². The van der Waals surface area contributed by atoms with Crippen LogP contribution in [0.25, 0.3) is 11.0 Å². The van der Waals surface area contributed by atoms with Gasteiger partial charge in [0.1, 0.15) is 5.52 Å². The topological polar surface area (TPSA) is 118 Å². The Kier molecular flexibility index (Phi) is 3.04. The van der Waals surface area contributed by atoms with Crippen LogP contribution in [0.1, 0.15) is 0 Å². The second-order valence-electron chi connectivity index (χ2n) is 3.60. The first-order chi connectivity index (χ1) is 9.10. The number of fused-ring (bicyclic) bond motifs is 1. The van der Waals surface area contributed by atoms with Gasteiger partial charge in [0.2, 0.25) is 0 Å². The number of nitro groups is 1. The maximum atomic E-state index is 12.2. The first-order valence-electron chi connectivity index (χ1n) is 4.83. The highest BCUT2D eigenvalue weighted by Gasteiger charge is 2.46. The smallest absolute Gasteiger partial charge is 0.390 e. The molecule has 0 aliphatic heterocycles. The molecule has 1 heterocycles. The molecule has 0 amide bonds. The highest BCUT2D eigenvalue weighted by molar-refractivity contribution is 7.93. The number of imidazole rings is 1. The summed E-state index contributed by atoms with van der Waals surface area (Å²) in [6.07, 6.45) is 0. The van der Waals surface area contributed by atoms with Crippen molar-refractivity contribution in [3.8, 4) is 0 Å². The third-order valence-corrected chi connectivity index (χ3v) is 3.31. The van der Waals surface area contributed by atoms with Crippen molar-refractivity contribution in [2.45, 2.75) is 5.51 Å². The van der Waals surface area contributed by atoms with Gasteiger partial charge in [-0.3, -0.25) is 4.72 Å². The molecule has 0 spiro atoms. The van der Waals surface area contributed by atoms with Gasteiger partial charge in [0.05, 0.1) is 5.69 Å². The summed E-state index contributed by atoms with van der Waals surface area (Å²) < 4.78 is 59.7. The first kappa shape index (κ1) is 14.0. The molecular weight excluding hydrogens is 305 g/mol. The minimum Gasteiger partial charge on any atom is -0.390 e. The number of anilines is 1. The number of aromatic amines is 1. The number of aromatic nitrogens is 2. The molecule has 0 aliphatic rings. The predicted molar refractivity (Wildman–Crippen MR) is 61.3 cm³/mol. The van der Waals surface area contributed by atoms with Crippen molar-refractivity contribution in [3.63, 3.8) is 0 Å². The molecule has 8 nitrogen and oxygen atoms in total. The summed E-state index contributed by atoms with van der Waals surface area (Å²) in [6, 6.07) is 3.13. The summed E-state index contributed by atoms with van der Waals surface area (Å²) in [6.45, 7) is 0. The average Bonchev–Trinajstić information content (AvgIpc) is 2.69. The van der Waals surface area contributed by atoms with E-state index in [4.69, 9.17) is 0 Å². The summed E-state index contributed by atoms with van der Waals surface area (Å²) in [5, 5.41) is 10.5. The number of sulfonamides is 1. The summed E-state index contributed by atoms with van der Waals surface area (Å²) in [5.74, 6) is -0.601. The monoisotopic (exact) mass is 310 g/mol. The Morgan fingerprint density at radius 2 is 2.00 bits per heavy atom. The zero-order valence-corrected chi connectivity index (χ0v) is 10.1. The van der Waals surface area contributed by atoms with Crippen molar-refractivity contribution in [2.75, 3.05) is 4.72 Å². The zero-order chi connectivity index (χ0) is 15.1. The number of H-pyrrole nitrogens is 1. The van der Waals surface area contributed by atoms with Gasteiger partial charge in [-0.2, -0.15) is 21.6 Å². The molecule has 0 aliphatic carbocycles. The van der Waals surface area contributed by atoms with Gasteiger partial charge >= 0.3 is 21.5 Å². The molecule has 1 aromatic heterocycles. The van der Waals surface area contributed by atoms with Gasteiger partial charge in [0.25, 0.3) is 0 Å². The van der Waals surface area contributed by atoms with Crippen LogP contribution in [0.5, 0.6) is 0 Å². The largest absolute Gasteiger partial charge is 0.516 e. The van der Waals surface area contributed by atoms with Crippen LogP contribution < -0.4 is 4.72 Å². The molecule has 0 saturated carbocycles. The molecule has 2 N–H and O–H groups in total. The number of hydrogen-bond donors (Lipinski definition) is 2. The molecule has 2 rings (SSSR count). The van der Waals surface area contributed by atoms with Crippen LogP contribution in [0.15, 0.2) is 18.2 Å². The van der Waals surface area contributed by atoms with Crippen LogP contribution in [-0.4, -0.2) is 28.8 Å². The van der Waals surface area contributed by atoms with Gasteiger partial charge in [-0.05, 0) is 17.1 Å². The third kappa shape index (κ3) is 2.49. The molecule has 0 atom stereocenters. The van der Waals surface area contributed by atoms with Crippen molar-refractivity contribution < 1.29 is 26.5 Å². The van der Waals surface area contributed by atoms with Crippen molar-refractivity contribution in [3.05, 3.63) is 28.3 Å². The van der Waals surface area contributed by atoms with Crippen LogP contribution in [0.2, 0.25) is 0 Å². The van der Waals surface area contributed by atoms with Crippen molar-refractivity contribution in [1.82, 2.24) is 9.97 Å². The lowest BCUT2D eigenvalue weighted by Crippen LogP contribution is -2.29. The Bertz CT molecular complexity index is 783. The Morgan fingerprint density at radius 1 is 1.35 bits per heavy atom. The van der Waals surface area contributed by atoms with Gasteiger partial charge < -0.3 is 10.1 Å². The van der Waals surface area contributed by atoms with Gasteiger partial charge in [-0.1, -0.05) is 4.98 Å². The van der Waals surface area contributed by atoms with E-state index in [-0.39, 0.29) is 11.0 Å². The number of benzene rings is 1. The molecule has 0 radical (unpaired) electrons. The number of rotatable bonds is 3. The Morgan fingerprint density at radius 3 is 2.55 bits per heavy atom. The lowest BCUT2D eigenvalue weighted by atomic mass is 10.3. The normalized spacial score (nSPS) is 12.6. The molecule has 12 heteroatoms. The van der Waals surface area contributed by atoms with E-state index in [1.807, 2.05) is 0 Å². The highest BCUT2D eigenvalue weighted by Crippen LogP contribution is 2.27. The molecule has 0 saturated heterocycles. The predicted octanol–water partition coefficient (Wildman–Crippen LogP) is 1.73. The molecule has 1 aromatic carbocycles. The maximum Gasteiger partial charge on any atom is 0.516 e. The number of nitrogens with zero attached hydrogens (tertiary/aromatic N) is 2. The van der Waals surface area contributed by atoms with Crippen LogP contribution in [0.3, 0.4) is 0 Å². The fourth-order valence-corrected chi connectivity index (χ4v) is 1.91. The molecule has 0 unspecified atom stereocenters. The van der Waals surface area contributed by atoms with E-state index >= 15 is 0 Å². The van der Waals surface area contributed by atoms with Crippen LogP contribution in [0.4, 0.5) is 24.8 Å². The lowest BCUT2D eigenvalue weighted by molar-refractivity contribution is -0.393. The second kappa shape index (κ2) is 4.33. The fourth-order valence-electron chi connectivity index (χ4n) is 1.36. The third-order valence-electron chi connectivity index (χ3n) is 2.20. The van der Waals surface area contributed by atoms with Gasteiger partial charge in [-0.25, -0.2) is 4.98 Å². The lowest BCUT2D eigenvalue weighted by Gasteiger charge is -2.09. The van der Waals surface area contributed by atoms with Crippen molar-refractivity contribution >= 4 is 32.7 Å². The quantitative estimate of drug-likeness (QED) is 0.661. The summed E-state index contributed by atoms with van der Waals surface area (Å²) >= 11 is 0. The minimum atomic E-state index is -5.55. The number of alkyl halides is 3. The average molecular weight is 310 g/mol. The minimum absolute atomic E-state index is 0.0269. The maximum absolute atomic E-state index is 12.2. The fraction of sp³-hybridized carbons (Fsp3) is 0.125. The standard InChI is InChI=1S/C8H5F3N4O4S/c9-8(10,11)20(18,19)14-4-1-2-5-6(3-4)13-7(12-5)15(16)17/h1-3,14H,(H,12,13). The van der Waals surface area contributed by atoms with Crippen LogP contribution in [-0.2, 0) is 10.0 Å². The second-order valence-corrected chi connectivity index (χ2v) is 5.27. The number of halogens is 3. The summed E-state index contributed by atoms with van der Waals surface area (Å²) in [5.41, 5.74) is -5.71. The molecule has 2 aromatic rings. The van der Waals surface area contributed by atoms with Crippen molar-refractivity contribution in [2.24, 2.45) is 0 Å². The SMILES string of the molecule is O=[N+]([O-])c1nc2ccc(NS(=O)(=O)C(F)(F)F)cc2[nH]1. The zero-order valence-electron chi connectivity index (χ0n) is 9.30. The highest BCUT2D eigenvalue weighted by atomic mass is 32.2. The Hall–Kier alpha value is -2.37. The van der Waals surface area contributed by atoms with E-state index in [9.17, 15) is 31.7 Å². The molecule has 20 heavy (non-hydrogen) atoms. The van der Waals surface area contributed by atoms with Crippen LogP contribution >= 0.6 is 0 Å². The molecule has 108 valence electrons. The van der Waals surface area contributed by atoms with Crippen LogP contribution in [0, 0.1) is 10.1 Å².